The van der Waals surface area contributed by atoms with Gasteiger partial charge in [-0.05, 0) is 25.1 Å². The van der Waals surface area contributed by atoms with E-state index in [4.69, 9.17) is 27.9 Å². The zero-order valence-corrected chi connectivity index (χ0v) is 12.1. The molecule has 6 heteroatoms. The Kier molecular flexibility index (Phi) is 4.47. The van der Waals surface area contributed by atoms with Crippen LogP contribution >= 0.6 is 23.2 Å². The van der Waals surface area contributed by atoms with E-state index in [9.17, 15) is 10.1 Å². The molecule has 20 heavy (non-hydrogen) atoms. The Balaban J connectivity index is 2.48. The number of aryl methyl sites for hydroxylation is 1. The largest absolute Gasteiger partial charge is 0.450 e. The lowest BCUT2D eigenvalue weighted by atomic mass is 10.2. The second-order valence-electron chi connectivity index (χ2n) is 4.17. The maximum absolute atomic E-state index is 11.1. The summed E-state index contributed by atoms with van der Waals surface area (Å²) in [5.74, 6) is 0.816. The van der Waals surface area contributed by atoms with Crippen molar-refractivity contribution in [2.24, 2.45) is 0 Å². The normalized spacial score (nSPS) is 10.3. The lowest BCUT2D eigenvalue weighted by Gasteiger charge is -2.11. The van der Waals surface area contributed by atoms with Crippen molar-refractivity contribution in [2.75, 3.05) is 0 Å². The van der Waals surface area contributed by atoms with Crippen LogP contribution in [0.2, 0.25) is 5.02 Å². The minimum atomic E-state index is -0.463. The molecule has 2 rings (SSSR count). The van der Waals surface area contributed by atoms with Crippen LogP contribution in [0.25, 0.3) is 0 Å². The Bertz CT molecular complexity index is 659. The third-order valence-electron chi connectivity index (χ3n) is 2.78. The molecule has 2 aromatic rings. The lowest BCUT2D eigenvalue weighted by Crippen LogP contribution is -1.97. The van der Waals surface area contributed by atoms with Crippen molar-refractivity contribution in [1.82, 2.24) is 0 Å². The highest BCUT2D eigenvalue weighted by molar-refractivity contribution is 6.30. The first-order chi connectivity index (χ1) is 9.52. The van der Waals surface area contributed by atoms with Crippen LogP contribution in [0.5, 0.6) is 11.5 Å². The predicted octanol–water partition coefficient (Wildman–Crippen LogP) is 5.09. The average Bonchev–Trinajstić information content (AvgIpc) is 2.38. The molecule has 0 aromatic heterocycles. The van der Waals surface area contributed by atoms with Crippen LogP contribution in [-0.4, -0.2) is 4.92 Å². The molecule has 104 valence electrons. The number of nitro groups is 1. The van der Waals surface area contributed by atoms with Crippen molar-refractivity contribution < 1.29 is 9.66 Å². The van der Waals surface area contributed by atoms with Gasteiger partial charge in [0, 0.05) is 16.1 Å². The first kappa shape index (κ1) is 14.6. The molecule has 0 fully saturated rings. The van der Waals surface area contributed by atoms with Gasteiger partial charge in [-0.1, -0.05) is 29.8 Å². The van der Waals surface area contributed by atoms with Crippen LogP contribution < -0.4 is 4.74 Å². The quantitative estimate of drug-likeness (QED) is 0.449. The predicted molar refractivity (Wildman–Crippen MR) is 78.9 cm³/mol. The molecule has 0 amide bonds. The van der Waals surface area contributed by atoms with E-state index in [0.717, 1.165) is 0 Å². The third kappa shape index (κ3) is 3.03. The summed E-state index contributed by atoms with van der Waals surface area (Å²) in [5.41, 5.74) is 1.18. The number of para-hydroxylation sites is 1. The number of hydrogen-bond acceptors (Lipinski definition) is 3. The molecule has 0 aliphatic heterocycles. The monoisotopic (exact) mass is 311 g/mol. The number of nitro benzene ring substituents is 1. The van der Waals surface area contributed by atoms with Crippen LogP contribution in [-0.2, 0) is 5.88 Å². The Morgan fingerprint density at radius 2 is 2.00 bits per heavy atom. The number of benzene rings is 2. The zero-order chi connectivity index (χ0) is 14.7. The van der Waals surface area contributed by atoms with Crippen LogP contribution in [0.4, 0.5) is 5.69 Å². The molecule has 0 bridgehead atoms. The highest BCUT2D eigenvalue weighted by atomic mass is 35.5. The van der Waals surface area contributed by atoms with E-state index in [-0.39, 0.29) is 17.3 Å². The third-order valence-corrected chi connectivity index (χ3v) is 3.30. The molecule has 2 aromatic carbocycles. The molecular formula is C14H11Cl2NO3. The van der Waals surface area contributed by atoms with Gasteiger partial charge in [0.15, 0.2) is 0 Å². The number of rotatable bonds is 4. The summed E-state index contributed by atoms with van der Waals surface area (Å²) in [6.07, 6.45) is 0. The van der Waals surface area contributed by atoms with Crippen LogP contribution in [0, 0.1) is 17.0 Å². The second-order valence-corrected chi connectivity index (χ2v) is 4.87. The summed E-state index contributed by atoms with van der Waals surface area (Å²) < 4.78 is 5.64. The number of ether oxygens (including phenoxy) is 1. The van der Waals surface area contributed by atoms with E-state index in [1.54, 1.807) is 43.3 Å². The standard InChI is InChI=1S/C14H11Cl2NO3/c1-9-3-2-4-12(14(9)17(18)19)20-13-7-11(16)6-5-10(13)8-15/h2-7H,8H2,1H3. The fourth-order valence-electron chi connectivity index (χ4n) is 1.80. The Morgan fingerprint density at radius 3 is 2.65 bits per heavy atom. The van der Waals surface area contributed by atoms with Crippen molar-refractivity contribution in [3.63, 3.8) is 0 Å². The van der Waals surface area contributed by atoms with Gasteiger partial charge < -0.3 is 4.74 Å². The van der Waals surface area contributed by atoms with Crippen molar-refractivity contribution in [1.29, 1.82) is 0 Å². The van der Waals surface area contributed by atoms with E-state index in [2.05, 4.69) is 0 Å². The van der Waals surface area contributed by atoms with Crippen LogP contribution in [0.15, 0.2) is 36.4 Å². The summed E-state index contributed by atoms with van der Waals surface area (Å²) >= 11 is 11.7. The van der Waals surface area contributed by atoms with E-state index >= 15 is 0 Å². The highest BCUT2D eigenvalue weighted by Crippen LogP contribution is 2.36. The van der Waals surface area contributed by atoms with Crippen molar-refractivity contribution in [2.45, 2.75) is 12.8 Å². The minimum absolute atomic E-state index is 0.0620. The van der Waals surface area contributed by atoms with E-state index < -0.39 is 4.92 Å². The van der Waals surface area contributed by atoms with Crippen molar-refractivity contribution >= 4 is 28.9 Å². The molecule has 0 radical (unpaired) electrons. The Hall–Kier alpha value is -1.78. The van der Waals surface area contributed by atoms with Crippen LogP contribution in [0.3, 0.4) is 0 Å². The van der Waals surface area contributed by atoms with Gasteiger partial charge in [-0.2, -0.15) is 0 Å². The first-order valence-electron chi connectivity index (χ1n) is 5.79. The second kappa shape index (κ2) is 6.11. The lowest BCUT2D eigenvalue weighted by molar-refractivity contribution is -0.386. The maximum atomic E-state index is 11.1. The molecule has 0 heterocycles. The molecule has 0 saturated heterocycles. The van der Waals surface area contributed by atoms with E-state index in [1.807, 2.05) is 0 Å². The molecule has 0 saturated carbocycles. The molecule has 4 nitrogen and oxygen atoms in total. The number of hydrogen-bond donors (Lipinski definition) is 0. The minimum Gasteiger partial charge on any atom is -0.450 e. The highest BCUT2D eigenvalue weighted by Gasteiger charge is 2.19. The summed E-state index contributed by atoms with van der Waals surface area (Å²) in [6, 6.07) is 9.91. The Morgan fingerprint density at radius 1 is 1.25 bits per heavy atom. The zero-order valence-electron chi connectivity index (χ0n) is 10.6. The molecule has 0 aliphatic carbocycles. The maximum Gasteiger partial charge on any atom is 0.314 e. The van der Waals surface area contributed by atoms with Gasteiger partial charge in [0.2, 0.25) is 5.75 Å². The van der Waals surface area contributed by atoms with Gasteiger partial charge >= 0.3 is 5.69 Å². The summed E-state index contributed by atoms with van der Waals surface area (Å²) in [6.45, 7) is 1.66. The smallest absolute Gasteiger partial charge is 0.314 e. The van der Waals surface area contributed by atoms with Gasteiger partial charge in [0.1, 0.15) is 5.75 Å². The van der Waals surface area contributed by atoms with E-state index in [1.165, 1.54) is 0 Å². The molecule has 0 atom stereocenters. The summed E-state index contributed by atoms with van der Waals surface area (Å²) in [7, 11) is 0. The first-order valence-corrected chi connectivity index (χ1v) is 6.70. The molecule has 0 N–H and O–H groups in total. The van der Waals surface area contributed by atoms with Gasteiger partial charge in [-0.15, -0.1) is 11.6 Å². The molecular weight excluding hydrogens is 301 g/mol. The van der Waals surface area contributed by atoms with E-state index in [0.29, 0.717) is 21.9 Å². The van der Waals surface area contributed by atoms with Gasteiger partial charge in [0.25, 0.3) is 0 Å². The fraction of sp³-hybridized carbons (Fsp3) is 0.143. The van der Waals surface area contributed by atoms with Gasteiger partial charge in [-0.3, -0.25) is 10.1 Å². The topological polar surface area (TPSA) is 52.4 Å². The SMILES string of the molecule is Cc1cccc(Oc2cc(Cl)ccc2CCl)c1[N+](=O)[O-]. The fourth-order valence-corrected chi connectivity index (χ4v) is 2.18. The number of halogens is 2. The average molecular weight is 312 g/mol. The molecule has 0 aliphatic rings. The molecule has 0 spiro atoms. The Labute approximate surface area is 126 Å². The van der Waals surface area contributed by atoms with Gasteiger partial charge in [-0.25, -0.2) is 0 Å². The van der Waals surface area contributed by atoms with Crippen molar-refractivity contribution in [3.05, 3.63) is 62.7 Å². The van der Waals surface area contributed by atoms with Gasteiger partial charge in [0.05, 0.1) is 10.8 Å². The molecule has 0 unspecified atom stereocenters. The van der Waals surface area contributed by atoms with Crippen LogP contribution in [0.1, 0.15) is 11.1 Å². The number of nitrogens with zero attached hydrogens (tertiary/aromatic N) is 1. The summed E-state index contributed by atoms with van der Waals surface area (Å²) in [5, 5.41) is 11.6. The number of alkyl halides is 1. The van der Waals surface area contributed by atoms with Crippen molar-refractivity contribution in [3.8, 4) is 11.5 Å². The summed E-state index contributed by atoms with van der Waals surface area (Å²) in [4.78, 5) is 10.7.